The molecule has 0 spiro atoms. The number of hydrogen-bond acceptors (Lipinski definition) is 2. The lowest BCUT2D eigenvalue weighted by molar-refractivity contribution is 0.636. The van der Waals surface area contributed by atoms with Crippen LogP contribution in [0.2, 0.25) is 0 Å². The Morgan fingerprint density at radius 1 is 1.33 bits per heavy atom. The number of nitrogens with two attached hydrogens (primary N) is 1. The smallest absolute Gasteiger partial charge is 0.186 e. The van der Waals surface area contributed by atoms with Crippen LogP contribution in [0.3, 0.4) is 0 Å². The Kier molecular flexibility index (Phi) is 3.80. The third-order valence-electron chi connectivity index (χ3n) is 3.00. The van der Waals surface area contributed by atoms with E-state index in [1.54, 1.807) is 13.0 Å². The molecule has 0 unspecified atom stereocenters. The summed E-state index contributed by atoms with van der Waals surface area (Å²) in [6.07, 6.45) is 4.55. The van der Waals surface area contributed by atoms with Gasteiger partial charge in [0.1, 0.15) is 5.82 Å². The van der Waals surface area contributed by atoms with Crippen LogP contribution >= 0.6 is 12.4 Å². The van der Waals surface area contributed by atoms with Crippen molar-refractivity contribution in [2.75, 3.05) is 5.73 Å². The molecule has 0 aromatic carbocycles. The molecule has 2 N–H and O–H groups in total. The average molecular weight is 229 g/mol. The van der Waals surface area contributed by atoms with E-state index in [1.165, 1.54) is 19.3 Å². The lowest BCUT2D eigenvalue weighted by Crippen LogP contribution is -2.19. The summed E-state index contributed by atoms with van der Waals surface area (Å²) in [4.78, 5) is 11.5. The highest BCUT2D eigenvalue weighted by Crippen LogP contribution is 2.18. The van der Waals surface area contributed by atoms with Crippen molar-refractivity contribution in [1.82, 2.24) is 4.57 Å². The molecule has 0 amide bonds. The van der Waals surface area contributed by atoms with E-state index in [-0.39, 0.29) is 17.8 Å². The molecule has 0 atom stereocenters. The first-order valence-corrected chi connectivity index (χ1v) is 5.19. The topological polar surface area (TPSA) is 48.0 Å². The van der Waals surface area contributed by atoms with Gasteiger partial charge >= 0.3 is 0 Å². The van der Waals surface area contributed by atoms with Crippen LogP contribution in [-0.4, -0.2) is 4.57 Å². The van der Waals surface area contributed by atoms with Crippen LogP contribution in [0.5, 0.6) is 0 Å². The molecule has 2 rings (SSSR count). The normalized spacial score (nSPS) is 15.0. The van der Waals surface area contributed by atoms with Crippen molar-refractivity contribution in [3.63, 3.8) is 0 Å². The molecular formula is C11H17ClN2O. The summed E-state index contributed by atoms with van der Waals surface area (Å²) in [5.41, 5.74) is 7.81. The first-order valence-electron chi connectivity index (χ1n) is 5.19. The zero-order valence-electron chi connectivity index (χ0n) is 8.95. The van der Waals surface area contributed by atoms with E-state index in [9.17, 15) is 4.79 Å². The van der Waals surface area contributed by atoms with Crippen LogP contribution in [0.1, 0.15) is 30.5 Å². The van der Waals surface area contributed by atoms with Gasteiger partial charge in [-0.3, -0.25) is 4.79 Å². The summed E-state index contributed by atoms with van der Waals surface area (Å²) in [5.74, 6) is 0.661. The summed E-state index contributed by atoms with van der Waals surface area (Å²) >= 11 is 0. The highest BCUT2D eigenvalue weighted by Gasteiger charge is 2.12. The predicted molar refractivity (Wildman–Crippen MR) is 64.7 cm³/mol. The van der Waals surface area contributed by atoms with Gasteiger partial charge in [-0.2, -0.15) is 0 Å². The number of fused-ring (bicyclic) bond motifs is 1. The van der Waals surface area contributed by atoms with Gasteiger partial charge in [-0.1, -0.05) is 6.42 Å². The van der Waals surface area contributed by atoms with Gasteiger partial charge in [-0.15, -0.1) is 12.4 Å². The SMILES string of the molecule is Cc1c(N)n2c(cc1=O)CCCCC2.Cl. The van der Waals surface area contributed by atoms with Crippen molar-refractivity contribution in [1.29, 1.82) is 0 Å². The summed E-state index contributed by atoms with van der Waals surface area (Å²) in [6, 6.07) is 1.75. The van der Waals surface area contributed by atoms with Gasteiger partial charge in [0.15, 0.2) is 5.43 Å². The van der Waals surface area contributed by atoms with Gasteiger partial charge in [0.25, 0.3) is 0 Å². The number of rotatable bonds is 0. The van der Waals surface area contributed by atoms with Crippen molar-refractivity contribution >= 4 is 18.2 Å². The molecule has 3 nitrogen and oxygen atoms in total. The molecule has 15 heavy (non-hydrogen) atoms. The third-order valence-corrected chi connectivity index (χ3v) is 3.00. The fourth-order valence-electron chi connectivity index (χ4n) is 2.04. The van der Waals surface area contributed by atoms with Gasteiger partial charge in [0.05, 0.1) is 0 Å². The van der Waals surface area contributed by atoms with E-state index < -0.39 is 0 Å². The van der Waals surface area contributed by atoms with Gasteiger partial charge in [-0.25, -0.2) is 0 Å². The summed E-state index contributed by atoms with van der Waals surface area (Å²) in [7, 11) is 0. The lowest BCUT2D eigenvalue weighted by atomic mass is 10.1. The molecule has 4 heteroatoms. The second-order valence-electron chi connectivity index (χ2n) is 3.97. The molecule has 1 aromatic heterocycles. The van der Waals surface area contributed by atoms with Crippen LogP contribution in [0.25, 0.3) is 0 Å². The average Bonchev–Trinajstić information content (AvgIpc) is 2.39. The Labute approximate surface area is 95.7 Å². The number of halogens is 1. The highest BCUT2D eigenvalue weighted by atomic mass is 35.5. The Morgan fingerprint density at radius 2 is 2.07 bits per heavy atom. The molecule has 0 fully saturated rings. The zero-order valence-corrected chi connectivity index (χ0v) is 9.77. The number of aromatic nitrogens is 1. The number of nitrogen functional groups attached to an aromatic ring is 1. The molecular weight excluding hydrogens is 212 g/mol. The van der Waals surface area contributed by atoms with E-state index in [0.717, 1.165) is 18.7 Å². The number of aryl methyl sites for hydroxylation is 1. The predicted octanol–water partition coefficient (Wildman–Crippen LogP) is 1.89. The van der Waals surface area contributed by atoms with E-state index in [2.05, 4.69) is 4.57 Å². The van der Waals surface area contributed by atoms with E-state index >= 15 is 0 Å². The molecule has 1 aromatic rings. The summed E-state index contributed by atoms with van der Waals surface area (Å²) in [6.45, 7) is 2.76. The second kappa shape index (κ2) is 4.71. The fraction of sp³-hybridized carbons (Fsp3) is 0.545. The first kappa shape index (κ1) is 12.1. The molecule has 0 saturated carbocycles. The van der Waals surface area contributed by atoms with Crippen molar-refractivity contribution < 1.29 is 0 Å². The lowest BCUT2D eigenvalue weighted by Gasteiger charge is -2.14. The van der Waals surface area contributed by atoms with Crippen molar-refractivity contribution in [2.24, 2.45) is 0 Å². The quantitative estimate of drug-likeness (QED) is 0.737. The monoisotopic (exact) mass is 228 g/mol. The number of nitrogens with zero attached hydrogens (tertiary/aromatic N) is 1. The highest BCUT2D eigenvalue weighted by molar-refractivity contribution is 5.85. The van der Waals surface area contributed by atoms with Crippen LogP contribution < -0.4 is 11.2 Å². The fourth-order valence-corrected chi connectivity index (χ4v) is 2.04. The van der Waals surface area contributed by atoms with Gasteiger partial charge in [-0.05, 0) is 26.2 Å². The van der Waals surface area contributed by atoms with Gasteiger partial charge in [0.2, 0.25) is 0 Å². The van der Waals surface area contributed by atoms with Gasteiger partial charge in [0, 0.05) is 23.9 Å². The summed E-state index contributed by atoms with van der Waals surface area (Å²) < 4.78 is 2.10. The minimum absolute atomic E-state index is 0. The van der Waals surface area contributed by atoms with Crippen molar-refractivity contribution in [3.05, 3.63) is 27.5 Å². The molecule has 84 valence electrons. The minimum atomic E-state index is 0. The van der Waals surface area contributed by atoms with Crippen LogP contribution in [0, 0.1) is 6.92 Å². The molecule has 0 bridgehead atoms. The van der Waals surface area contributed by atoms with Crippen LogP contribution in [0.15, 0.2) is 10.9 Å². The van der Waals surface area contributed by atoms with E-state index in [4.69, 9.17) is 5.73 Å². The Hall–Kier alpha value is -0.960. The van der Waals surface area contributed by atoms with E-state index in [0.29, 0.717) is 11.4 Å². The molecule has 2 heterocycles. The maximum absolute atomic E-state index is 11.5. The molecule has 1 aliphatic rings. The molecule has 0 saturated heterocycles. The van der Waals surface area contributed by atoms with E-state index in [1.807, 2.05) is 0 Å². The molecule has 1 aliphatic heterocycles. The first-order chi connectivity index (χ1) is 6.70. The van der Waals surface area contributed by atoms with Gasteiger partial charge < -0.3 is 10.3 Å². The minimum Gasteiger partial charge on any atom is -0.385 e. The zero-order chi connectivity index (χ0) is 10.1. The maximum atomic E-state index is 11.5. The maximum Gasteiger partial charge on any atom is 0.186 e. The largest absolute Gasteiger partial charge is 0.385 e. The Balaban J connectivity index is 0.00000112. The van der Waals surface area contributed by atoms with Crippen LogP contribution in [0.4, 0.5) is 5.82 Å². The Bertz CT molecular complexity index is 412. The molecule has 0 radical (unpaired) electrons. The number of anilines is 1. The summed E-state index contributed by atoms with van der Waals surface area (Å²) in [5, 5.41) is 0. The van der Waals surface area contributed by atoms with Crippen molar-refractivity contribution in [3.8, 4) is 0 Å². The number of hydrogen-bond donors (Lipinski definition) is 1. The third kappa shape index (κ3) is 2.17. The van der Waals surface area contributed by atoms with Crippen LogP contribution in [-0.2, 0) is 13.0 Å². The standard InChI is InChI=1S/C11H16N2O.ClH/c1-8-10(14)7-9-5-3-2-4-6-13(9)11(8)12;/h7H,2-6,12H2,1H3;1H. The molecule has 0 aliphatic carbocycles. The Morgan fingerprint density at radius 3 is 2.80 bits per heavy atom. The second-order valence-corrected chi connectivity index (χ2v) is 3.97. The van der Waals surface area contributed by atoms with Crippen molar-refractivity contribution in [2.45, 2.75) is 39.2 Å². The number of pyridine rings is 1.